The first-order valence-corrected chi connectivity index (χ1v) is 14.1. The molecular formula is C31H30F5N5O5. The molecule has 15 heteroatoms. The molecule has 1 saturated heterocycles. The Balaban J connectivity index is 1.44. The fourth-order valence-electron chi connectivity index (χ4n) is 5.64. The lowest BCUT2D eigenvalue weighted by atomic mass is 10.0. The summed E-state index contributed by atoms with van der Waals surface area (Å²) in [6.45, 7) is 2.53. The van der Waals surface area contributed by atoms with Gasteiger partial charge in [-0.25, -0.2) is 18.6 Å². The largest absolute Gasteiger partial charge is 0.467 e. The molecule has 10 nitrogen and oxygen atoms in total. The van der Waals surface area contributed by atoms with E-state index in [-0.39, 0.29) is 25.1 Å². The number of aryl methyl sites for hydroxylation is 2. The monoisotopic (exact) mass is 647 g/mol. The van der Waals surface area contributed by atoms with Crippen molar-refractivity contribution in [1.82, 2.24) is 19.3 Å². The molecule has 1 fully saturated rings. The highest BCUT2D eigenvalue weighted by molar-refractivity contribution is 5.97. The number of morpholine rings is 1. The molecule has 1 N–H and O–H groups in total. The average molecular weight is 648 g/mol. The minimum atomic E-state index is -4.73. The number of nitrogens with zero attached hydrogens (tertiary/aromatic N) is 4. The van der Waals surface area contributed by atoms with Gasteiger partial charge in [0.2, 0.25) is 0 Å². The molecule has 0 aliphatic carbocycles. The van der Waals surface area contributed by atoms with Gasteiger partial charge >= 0.3 is 12.1 Å². The van der Waals surface area contributed by atoms with Crippen LogP contribution in [0.1, 0.15) is 27.3 Å². The number of pyridine rings is 2. The summed E-state index contributed by atoms with van der Waals surface area (Å²) >= 11 is 0. The molecule has 1 aliphatic rings. The fourth-order valence-corrected chi connectivity index (χ4v) is 5.64. The van der Waals surface area contributed by atoms with Crippen LogP contribution < -0.4 is 15.8 Å². The second kappa shape index (κ2) is 12.5. The zero-order valence-electron chi connectivity index (χ0n) is 25.2. The van der Waals surface area contributed by atoms with E-state index >= 15 is 8.78 Å². The van der Waals surface area contributed by atoms with E-state index in [1.807, 2.05) is 13.0 Å². The van der Waals surface area contributed by atoms with Gasteiger partial charge in [-0.15, -0.1) is 0 Å². The first-order valence-electron chi connectivity index (χ1n) is 14.1. The number of imidazole rings is 1. The Hall–Kier alpha value is -4.79. The number of nitrogens with one attached hydrogen (secondary N) is 1. The van der Waals surface area contributed by atoms with Gasteiger partial charge in [-0.3, -0.25) is 9.59 Å². The number of methoxy groups -OCH3 is 1. The second-order valence-corrected chi connectivity index (χ2v) is 10.9. The summed E-state index contributed by atoms with van der Waals surface area (Å²) in [4.78, 5) is 44.2. The number of anilines is 1. The van der Waals surface area contributed by atoms with E-state index in [1.165, 1.54) is 10.8 Å². The zero-order valence-corrected chi connectivity index (χ0v) is 25.2. The summed E-state index contributed by atoms with van der Waals surface area (Å²) in [5.41, 5.74) is 1.58. The lowest BCUT2D eigenvalue weighted by Crippen LogP contribution is -2.53. The number of ether oxygens (including phenoxy) is 2. The van der Waals surface area contributed by atoms with Crippen molar-refractivity contribution in [3.63, 3.8) is 0 Å². The van der Waals surface area contributed by atoms with Crippen molar-refractivity contribution in [2.24, 2.45) is 7.05 Å². The molecule has 0 radical (unpaired) electrons. The topological polar surface area (TPSA) is 107 Å². The van der Waals surface area contributed by atoms with Crippen LogP contribution in [0.5, 0.6) is 0 Å². The first-order chi connectivity index (χ1) is 21.7. The van der Waals surface area contributed by atoms with Crippen LogP contribution in [-0.4, -0.2) is 71.0 Å². The molecule has 2 atom stereocenters. The molecule has 4 aromatic rings. The number of fused-ring (bicyclic) bond motifs is 1. The summed E-state index contributed by atoms with van der Waals surface area (Å²) in [6, 6.07) is 2.86. The molecule has 0 unspecified atom stereocenters. The SMILES string of the molecule is COC(=O)[C@H](Cc1ccc(-c2c(C)cc(C)n(C)c2=O)c2nccn12)NC(=O)c1c(F)cc(N2CCOC[C@@H]2C(F)(F)F)cc1F. The van der Waals surface area contributed by atoms with Crippen LogP contribution >= 0.6 is 0 Å². The van der Waals surface area contributed by atoms with Crippen LogP contribution in [0.4, 0.5) is 27.6 Å². The van der Waals surface area contributed by atoms with Crippen LogP contribution in [0.3, 0.4) is 0 Å². The third-order valence-corrected chi connectivity index (χ3v) is 8.07. The molecule has 1 aliphatic heterocycles. The number of hydrogen-bond donors (Lipinski definition) is 1. The smallest absolute Gasteiger partial charge is 0.411 e. The molecule has 1 amide bonds. The second-order valence-electron chi connectivity index (χ2n) is 10.9. The van der Waals surface area contributed by atoms with Gasteiger partial charge in [0.1, 0.15) is 34.9 Å². The van der Waals surface area contributed by atoms with Crippen molar-refractivity contribution in [3.05, 3.63) is 87.2 Å². The molecule has 0 saturated carbocycles. The van der Waals surface area contributed by atoms with Gasteiger partial charge in [0, 0.05) is 55.0 Å². The normalized spacial score (nSPS) is 16.0. The summed E-state index contributed by atoms with van der Waals surface area (Å²) in [5, 5.41) is 2.29. The van der Waals surface area contributed by atoms with Crippen LogP contribution in [0.25, 0.3) is 16.8 Å². The lowest BCUT2D eigenvalue weighted by Gasteiger charge is -2.38. The van der Waals surface area contributed by atoms with E-state index in [1.54, 1.807) is 36.7 Å². The fraction of sp³-hybridized carbons (Fsp3) is 0.355. The number of carbonyl (C=O) groups excluding carboxylic acids is 2. The number of halogens is 5. The van der Waals surface area contributed by atoms with Crippen LogP contribution in [0.15, 0.2) is 47.5 Å². The molecule has 46 heavy (non-hydrogen) atoms. The van der Waals surface area contributed by atoms with E-state index in [9.17, 15) is 27.6 Å². The van der Waals surface area contributed by atoms with Crippen LogP contribution in [-0.2, 0) is 27.7 Å². The summed E-state index contributed by atoms with van der Waals surface area (Å²) in [5.74, 6) is -5.07. The Morgan fingerprint density at radius 3 is 2.50 bits per heavy atom. The maximum Gasteiger partial charge on any atom is 0.411 e. The number of esters is 1. The summed E-state index contributed by atoms with van der Waals surface area (Å²) < 4.78 is 83.8. The molecule has 1 aromatic carbocycles. The number of rotatable bonds is 7. The standard InChI is InChI=1S/C31H30F5N5O5/c1-16-11-17(2)39(3)29(43)25(16)20-6-5-18(41-8-7-37-27(20)41)14-23(30(44)45-4)38-28(42)26-21(32)12-19(13-22(26)33)40-9-10-46-15-24(40)31(34,35)36/h5-8,11-13,23-24H,9-10,14-15H2,1-4H3,(H,38,42)/t23-,24+/m0/s1. The average Bonchev–Trinajstić information content (AvgIpc) is 3.50. The summed E-state index contributed by atoms with van der Waals surface area (Å²) in [6.07, 6.45) is -1.86. The predicted molar refractivity (Wildman–Crippen MR) is 157 cm³/mol. The number of benzene rings is 1. The predicted octanol–water partition coefficient (Wildman–Crippen LogP) is 3.88. The van der Waals surface area contributed by atoms with Gasteiger partial charge < -0.3 is 28.7 Å². The number of alkyl halides is 3. The Kier molecular flexibility index (Phi) is 8.89. The Labute approximate surface area is 259 Å². The number of amides is 1. The van der Waals surface area contributed by atoms with Gasteiger partial charge in [-0.1, -0.05) is 0 Å². The van der Waals surface area contributed by atoms with Crippen LogP contribution in [0.2, 0.25) is 0 Å². The maximum absolute atomic E-state index is 15.2. The van der Waals surface area contributed by atoms with E-state index in [0.717, 1.165) is 23.3 Å². The van der Waals surface area contributed by atoms with Crippen molar-refractivity contribution >= 4 is 23.2 Å². The van der Waals surface area contributed by atoms with E-state index in [4.69, 9.17) is 9.47 Å². The molecule has 0 bridgehead atoms. The number of aromatic nitrogens is 3. The van der Waals surface area contributed by atoms with Crippen molar-refractivity contribution in [3.8, 4) is 11.1 Å². The van der Waals surface area contributed by atoms with Gasteiger partial charge in [0.25, 0.3) is 11.5 Å². The highest BCUT2D eigenvalue weighted by atomic mass is 19.4. The Morgan fingerprint density at radius 1 is 1.15 bits per heavy atom. The third-order valence-electron chi connectivity index (χ3n) is 8.07. The zero-order chi connectivity index (χ0) is 33.5. The molecule has 4 heterocycles. The molecule has 0 spiro atoms. The molecule has 244 valence electrons. The maximum atomic E-state index is 15.2. The third kappa shape index (κ3) is 6.06. The number of carbonyl (C=O) groups is 2. The van der Waals surface area contributed by atoms with Gasteiger partial charge in [-0.2, -0.15) is 13.2 Å². The highest BCUT2D eigenvalue weighted by Crippen LogP contribution is 2.33. The van der Waals surface area contributed by atoms with Crippen molar-refractivity contribution in [1.29, 1.82) is 0 Å². The summed E-state index contributed by atoms with van der Waals surface area (Å²) in [7, 11) is 2.73. The Morgan fingerprint density at radius 2 is 1.85 bits per heavy atom. The molecule has 5 rings (SSSR count). The molecule has 3 aromatic heterocycles. The van der Waals surface area contributed by atoms with Gasteiger partial charge in [0.05, 0.1) is 25.9 Å². The lowest BCUT2D eigenvalue weighted by molar-refractivity contribution is -0.167. The minimum Gasteiger partial charge on any atom is -0.467 e. The highest BCUT2D eigenvalue weighted by Gasteiger charge is 2.46. The van der Waals surface area contributed by atoms with Gasteiger partial charge in [-0.05, 0) is 49.7 Å². The van der Waals surface area contributed by atoms with Crippen molar-refractivity contribution in [2.75, 3.05) is 31.8 Å². The van der Waals surface area contributed by atoms with E-state index < -0.39 is 59.6 Å². The van der Waals surface area contributed by atoms with E-state index in [2.05, 4.69) is 10.3 Å². The minimum absolute atomic E-state index is 0.0920. The van der Waals surface area contributed by atoms with Crippen LogP contribution in [0, 0.1) is 25.5 Å². The quantitative estimate of drug-likeness (QED) is 0.240. The molecular weight excluding hydrogens is 617 g/mol. The number of hydrogen-bond acceptors (Lipinski definition) is 7. The van der Waals surface area contributed by atoms with Crippen molar-refractivity contribution < 1.29 is 41.0 Å². The first kappa shape index (κ1) is 32.6. The Bertz CT molecular complexity index is 1860. The van der Waals surface area contributed by atoms with Gasteiger partial charge in [0.15, 0.2) is 0 Å². The van der Waals surface area contributed by atoms with E-state index in [0.29, 0.717) is 34.6 Å². The van der Waals surface area contributed by atoms with Crippen molar-refractivity contribution in [2.45, 2.75) is 38.5 Å².